The first-order valence-corrected chi connectivity index (χ1v) is 21.3. The first-order valence-electron chi connectivity index (χ1n) is 21.3. The zero-order valence-electron chi connectivity index (χ0n) is 34.4. The lowest BCUT2D eigenvalue weighted by Gasteiger charge is -2.18. The van der Waals surface area contributed by atoms with Crippen LogP contribution in [0.15, 0.2) is 24.3 Å². The van der Waals surface area contributed by atoms with Crippen LogP contribution in [-0.2, 0) is 28.4 Å². The van der Waals surface area contributed by atoms with Gasteiger partial charge in [-0.2, -0.15) is 0 Å². The van der Waals surface area contributed by atoms with E-state index in [1.54, 1.807) is 0 Å². The van der Waals surface area contributed by atoms with Gasteiger partial charge >= 0.3 is 18.5 Å². The number of nitrogens with zero attached hydrogens (tertiary/aromatic N) is 1. The predicted molar refractivity (Wildman–Crippen MR) is 214 cm³/mol. The molecule has 0 aliphatic heterocycles. The van der Waals surface area contributed by atoms with Crippen molar-refractivity contribution in [2.45, 2.75) is 180 Å². The van der Waals surface area contributed by atoms with Crippen molar-refractivity contribution in [3.8, 4) is 0 Å². The highest BCUT2D eigenvalue weighted by atomic mass is 16.7. The molecule has 10 nitrogen and oxygen atoms in total. The van der Waals surface area contributed by atoms with Gasteiger partial charge in [-0.1, -0.05) is 134 Å². The van der Waals surface area contributed by atoms with E-state index in [1.165, 1.54) is 51.4 Å². The minimum atomic E-state index is -0.597. The average molecular weight is 754 g/mol. The van der Waals surface area contributed by atoms with Gasteiger partial charge in [0.15, 0.2) is 0 Å². The largest absolute Gasteiger partial charge is 0.508 e. The lowest BCUT2D eigenvalue weighted by atomic mass is 10.0. The molecule has 0 aliphatic rings. The molecule has 0 radical (unpaired) electrons. The predicted octanol–water partition coefficient (Wildman–Crippen LogP) is 12.3. The Bertz CT molecular complexity index is 893. The Labute approximate surface area is 324 Å². The fraction of sp³-hybridized carbons (Fsp3) is 0.837. The van der Waals surface area contributed by atoms with E-state index in [0.717, 1.165) is 109 Å². The maximum Gasteiger partial charge on any atom is 0.508 e. The van der Waals surface area contributed by atoms with Crippen LogP contribution in [0.2, 0.25) is 0 Å². The van der Waals surface area contributed by atoms with Crippen LogP contribution in [0.1, 0.15) is 174 Å². The van der Waals surface area contributed by atoms with E-state index in [-0.39, 0.29) is 19.3 Å². The van der Waals surface area contributed by atoms with Gasteiger partial charge in [0.1, 0.15) is 25.9 Å². The average Bonchev–Trinajstić information content (AvgIpc) is 3.13. The third-order valence-electron chi connectivity index (χ3n) is 8.93. The second-order valence-corrected chi connectivity index (χ2v) is 14.3. The summed E-state index contributed by atoms with van der Waals surface area (Å²) >= 11 is 0. The quantitative estimate of drug-likeness (QED) is 0.0263. The molecule has 53 heavy (non-hydrogen) atoms. The number of ether oxygens (including phenoxy) is 6. The van der Waals surface area contributed by atoms with Gasteiger partial charge in [-0.05, 0) is 78.3 Å². The number of carbonyl (C=O) groups excluding carboxylic acids is 3. The van der Waals surface area contributed by atoms with Crippen LogP contribution in [0.3, 0.4) is 0 Å². The van der Waals surface area contributed by atoms with Crippen molar-refractivity contribution in [2.75, 3.05) is 53.7 Å². The van der Waals surface area contributed by atoms with Gasteiger partial charge in [0.2, 0.25) is 0 Å². The molecule has 0 fully saturated rings. The van der Waals surface area contributed by atoms with Crippen LogP contribution in [0, 0.1) is 0 Å². The Morgan fingerprint density at radius 1 is 0.453 bits per heavy atom. The summed E-state index contributed by atoms with van der Waals surface area (Å²) in [5, 5.41) is 0. The topological polar surface area (TPSA) is 110 Å². The minimum absolute atomic E-state index is 0.129. The van der Waals surface area contributed by atoms with Crippen LogP contribution in [0.25, 0.3) is 0 Å². The summed E-state index contributed by atoms with van der Waals surface area (Å²) in [7, 11) is 3.88. The molecule has 0 saturated carbocycles. The Kier molecular flexibility index (Phi) is 38.3. The molecule has 0 aliphatic carbocycles. The van der Waals surface area contributed by atoms with E-state index in [2.05, 4.69) is 26.0 Å². The van der Waals surface area contributed by atoms with Crippen molar-refractivity contribution in [3.63, 3.8) is 0 Å². The van der Waals surface area contributed by atoms with E-state index in [1.807, 2.05) is 31.1 Å². The van der Waals surface area contributed by atoms with E-state index < -0.39 is 18.5 Å². The molecule has 0 aromatic carbocycles. The second-order valence-electron chi connectivity index (χ2n) is 14.3. The first kappa shape index (κ1) is 50.2. The highest BCUT2D eigenvalue weighted by molar-refractivity contribution is 5.60. The Balaban J connectivity index is 4.00. The van der Waals surface area contributed by atoms with Crippen LogP contribution < -0.4 is 0 Å². The van der Waals surface area contributed by atoms with Crippen LogP contribution in [0.5, 0.6) is 0 Å². The molecule has 0 rings (SSSR count). The smallest absolute Gasteiger partial charge is 0.434 e. The Morgan fingerprint density at radius 3 is 1.28 bits per heavy atom. The van der Waals surface area contributed by atoms with Gasteiger partial charge in [-0.25, -0.2) is 14.4 Å². The molecule has 310 valence electrons. The van der Waals surface area contributed by atoms with Gasteiger partial charge in [0, 0.05) is 6.54 Å². The fourth-order valence-electron chi connectivity index (χ4n) is 5.66. The summed E-state index contributed by atoms with van der Waals surface area (Å²) in [6.45, 7) is 6.70. The zero-order valence-corrected chi connectivity index (χ0v) is 34.4. The molecular weight excluding hydrogens is 674 g/mol. The maximum absolute atomic E-state index is 12.3. The van der Waals surface area contributed by atoms with Gasteiger partial charge in [-0.15, -0.1) is 0 Å². The fourth-order valence-corrected chi connectivity index (χ4v) is 5.66. The number of unbranched alkanes of at least 4 members (excludes halogenated alkanes) is 19. The number of rotatable bonds is 37. The lowest BCUT2D eigenvalue weighted by Crippen LogP contribution is -2.23. The van der Waals surface area contributed by atoms with E-state index in [9.17, 15) is 14.4 Å². The van der Waals surface area contributed by atoms with Gasteiger partial charge in [-0.3, -0.25) is 0 Å². The number of allylic oxidation sites excluding steroid dienone is 2. The van der Waals surface area contributed by atoms with E-state index in [4.69, 9.17) is 28.4 Å². The number of likely N-dealkylation sites (N-methyl/N-ethyl adjacent to an activating group) is 1. The summed E-state index contributed by atoms with van der Waals surface area (Å²) in [5.41, 5.74) is 0. The third kappa shape index (κ3) is 40.3. The molecule has 0 aromatic heterocycles. The van der Waals surface area contributed by atoms with Crippen molar-refractivity contribution in [1.82, 2.24) is 4.90 Å². The molecule has 0 aromatic rings. The first-order chi connectivity index (χ1) is 25.9. The Morgan fingerprint density at radius 2 is 0.849 bits per heavy atom. The van der Waals surface area contributed by atoms with Crippen LogP contribution in [0.4, 0.5) is 14.4 Å². The summed E-state index contributed by atoms with van der Waals surface area (Å²) in [6.07, 6.45) is 33.0. The molecular formula is C43H79NO9. The molecule has 0 amide bonds. The van der Waals surface area contributed by atoms with Crippen LogP contribution in [-0.4, -0.2) is 83.1 Å². The summed E-state index contributed by atoms with van der Waals surface area (Å²) in [6, 6.07) is 0. The third-order valence-corrected chi connectivity index (χ3v) is 8.93. The second kappa shape index (κ2) is 40.4. The lowest BCUT2D eigenvalue weighted by molar-refractivity contribution is 0.0138. The highest BCUT2D eigenvalue weighted by Gasteiger charge is 2.15. The van der Waals surface area contributed by atoms with E-state index >= 15 is 0 Å². The molecule has 0 saturated heterocycles. The normalized spacial score (nSPS) is 12.0. The molecule has 1 unspecified atom stereocenters. The van der Waals surface area contributed by atoms with Crippen molar-refractivity contribution >= 4 is 18.5 Å². The monoisotopic (exact) mass is 754 g/mol. The standard InChI is InChI=1S/C43H79NO9/c1-5-7-9-11-16-22-28-35-48-41(45)50-37-30-24-18-13-14-20-26-32-40(53-43(47)52-39-34-44(3)4)33-27-21-15-19-25-31-38-51-42(46)49-36-29-23-17-12-10-8-6-2/h22-23,28-29,40H,5-21,24-27,30-39H2,1-4H3/b28-22-,29-23-. The minimum Gasteiger partial charge on any atom is -0.434 e. The van der Waals surface area contributed by atoms with Crippen molar-refractivity contribution in [3.05, 3.63) is 24.3 Å². The SMILES string of the molecule is CCCCCC/C=C\COC(=O)OCCCCCCCCCC(CCCCCCCCOC(=O)OC/C=C\CCCCCC)OC(=O)OCCN(C)C. The van der Waals surface area contributed by atoms with Crippen molar-refractivity contribution < 1.29 is 42.8 Å². The van der Waals surface area contributed by atoms with Crippen molar-refractivity contribution in [1.29, 1.82) is 0 Å². The summed E-state index contributed by atoms with van der Waals surface area (Å²) < 4.78 is 31.5. The maximum atomic E-state index is 12.3. The molecule has 0 spiro atoms. The number of hydrogen-bond acceptors (Lipinski definition) is 10. The summed E-state index contributed by atoms with van der Waals surface area (Å²) in [4.78, 5) is 37.7. The summed E-state index contributed by atoms with van der Waals surface area (Å²) in [5.74, 6) is 0. The molecule has 10 heteroatoms. The van der Waals surface area contributed by atoms with Gasteiger partial charge in [0.25, 0.3) is 0 Å². The molecule has 0 heterocycles. The Hall–Kier alpha value is -2.75. The molecule has 0 bridgehead atoms. The zero-order chi connectivity index (χ0) is 38.9. The van der Waals surface area contributed by atoms with Gasteiger partial charge < -0.3 is 33.3 Å². The number of carbonyl (C=O) groups is 3. The molecule has 0 N–H and O–H groups in total. The molecule has 1 atom stereocenters. The van der Waals surface area contributed by atoms with Crippen LogP contribution >= 0.6 is 0 Å². The number of hydrogen-bond donors (Lipinski definition) is 0. The van der Waals surface area contributed by atoms with Gasteiger partial charge in [0.05, 0.1) is 13.2 Å². The highest BCUT2D eigenvalue weighted by Crippen LogP contribution is 2.18. The van der Waals surface area contributed by atoms with Crippen molar-refractivity contribution in [2.24, 2.45) is 0 Å². The van der Waals surface area contributed by atoms with E-state index in [0.29, 0.717) is 26.4 Å².